The fourth-order valence-corrected chi connectivity index (χ4v) is 3.23. The summed E-state index contributed by atoms with van der Waals surface area (Å²) in [5.74, 6) is 1.17. The van der Waals surface area contributed by atoms with Crippen molar-refractivity contribution in [2.24, 2.45) is 0 Å². The SMILES string of the molecule is COc1ccc(C)cc1C(O)c1cc(Cl)cc(Br)c1OC. The number of halogens is 2. The standard InChI is InChI=1S/C16H16BrClO3/c1-9-4-5-14(20-2)11(6-9)15(19)12-7-10(18)8-13(17)16(12)21-3/h4-8,15,19H,1-3H3. The number of methoxy groups -OCH3 is 2. The van der Waals surface area contributed by atoms with Gasteiger partial charge in [-0.25, -0.2) is 0 Å². The molecule has 2 aromatic carbocycles. The molecule has 0 aliphatic carbocycles. The number of hydrogen-bond donors (Lipinski definition) is 1. The van der Waals surface area contributed by atoms with Crippen molar-refractivity contribution in [2.45, 2.75) is 13.0 Å². The molecule has 0 bridgehead atoms. The van der Waals surface area contributed by atoms with Gasteiger partial charge < -0.3 is 14.6 Å². The van der Waals surface area contributed by atoms with Gasteiger partial charge in [-0.3, -0.25) is 0 Å². The van der Waals surface area contributed by atoms with Crippen molar-refractivity contribution < 1.29 is 14.6 Å². The summed E-state index contributed by atoms with van der Waals surface area (Å²) >= 11 is 9.48. The molecule has 0 radical (unpaired) electrons. The smallest absolute Gasteiger partial charge is 0.139 e. The lowest BCUT2D eigenvalue weighted by Crippen LogP contribution is -2.05. The van der Waals surface area contributed by atoms with Crippen LogP contribution in [0.2, 0.25) is 5.02 Å². The highest BCUT2D eigenvalue weighted by atomic mass is 79.9. The van der Waals surface area contributed by atoms with E-state index in [-0.39, 0.29) is 0 Å². The minimum Gasteiger partial charge on any atom is -0.496 e. The summed E-state index contributed by atoms with van der Waals surface area (Å²) in [6, 6.07) is 9.07. The van der Waals surface area contributed by atoms with Crippen LogP contribution in [0, 0.1) is 6.92 Å². The maximum absolute atomic E-state index is 10.7. The Kier molecular flexibility index (Phi) is 5.14. The van der Waals surface area contributed by atoms with Crippen molar-refractivity contribution >= 4 is 27.5 Å². The summed E-state index contributed by atoms with van der Waals surface area (Å²) in [5, 5.41) is 11.3. The molecule has 2 aromatic rings. The molecule has 5 heteroatoms. The van der Waals surface area contributed by atoms with E-state index in [1.807, 2.05) is 25.1 Å². The van der Waals surface area contributed by atoms with Crippen LogP contribution in [0.1, 0.15) is 22.8 Å². The first-order chi connectivity index (χ1) is 9.97. The zero-order valence-corrected chi connectivity index (χ0v) is 14.3. The Labute approximate surface area is 137 Å². The molecule has 0 saturated heterocycles. The van der Waals surface area contributed by atoms with Gasteiger partial charge in [-0.15, -0.1) is 0 Å². The molecule has 0 saturated carbocycles. The first-order valence-corrected chi connectivity index (χ1v) is 7.50. The second kappa shape index (κ2) is 6.69. The van der Waals surface area contributed by atoms with E-state index in [0.717, 1.165) is 5.56 Å². The van der Waals surface area contributed by atoms with Crippen molar-refractivity contribution in [1.82, 2.24) is 0 Å². The summed E-state index contributed by atoms with van der Waals surface area (Å²) in [7, 11) is 3.13. The highest BCUT2D eigenvalue weighted by molar-refractivity contribution is 9.10. The van der Waals surface area contributed by atoms with Crippen LogP contribution in [0.25, 0.3) is 0 Å². The van der Waals surface area contributed by atoms with Crippen molar-refractivity contribution in [1.29, 1.82) is 0 Å². The van der Waals surface area contributed by atoms with Gasteiger partial charge in [0, 0.05) is 16.1 Å². The molecule has 112 valence electrons. The van der Waals surface area contributed by atoms with Crippen LogP contribution in [0.3, 0.4) is 0 Å². The third-order valence-electron chi connectivity index (χ3n) is 3.22. The Hall–Kier alpha value is -1.23. The molecule has 0 heterocycles. The number of benzene rings is 2. The van der Waals surface area contributed by atoms with Crippen molar-refractivity contribution in [3.63, 3.8) is 0 Å². The predicted octanol–water partition coefficient (Wildman–Crippen LogP) is 4.51. The van der Waals surface area contributed by atoms with E-state index in [9.17, 15) is 5.11 Å². The van der Waals surface area contributed by atoms with Crippen LogP contribution in [0.15, 0.2) is 34.8 Å². The number of rotatable bonds is 4. The zero-order chi connectivity index (χ0) is 15.6. The lowest BCUT2D eigenvalue weighted by Gasteiger charge is -2.19. The minimum atomic E-state index is -0.898. The van der Waals surface area contributed by atoms with Gasteiger partial charge in [0.2, 0.25) is 0 Å². The lowest BCUT2D eigenvalue weighted by atomic mass is 9.98. The van der Waals surface area contributed by atoms with E-state index in [1.54, 1.807) is 26.4 Å². The number of ether oxygens (including phenoxy) is 2. The maximum Gasteiger partial charge on any atom is 0.139 e. The van der Waals surface area contributed by atoms with Gasteiger partial charge in [0.25, 0.3) is 0 Å². The Balaban J connectivity index is 2.59. The van der Waals surface area contributed by atoms with Gasteiger partial charge in [-0.05, 0) is 47.1 Å². The molecule has 1 N–H and O–H groups in total. The van der Waals surface area contributed by atoms with Crippen molar-refractivity contribution in [2.75, 3.05) is 14.2 Å². The third-order valence-corrected chi connectivity index (χ3v) is 4.02. The van der Waals surface area contributed by atoms with E-state index >= 15 is 0 Å². The molecule has 0 aliphatic rings. The number of aliphatic hydroxyl groups excluding tert-OH is 1. The highest BCUT2D eigenvalue weighted by Gasteiger charge is 2.21. The number of aryl methyl sites for hydroxylation is 1. The first kappa shape index (κ1) is 16.1. The second-order valence-electron chi connectivity index (χ2n) is 4.66. The highest BCUT2D eigenvalue weighted by Crippen LogP contribution is 2.40. The summed E-state index contributed by atoms with van der Waals surface area (Å²) in [6.07, 6.45) is -0.898. The summed E-state index contributed by atoms with van der Waals surface area (Å²) in [5.41, 5.74) is 2.29. The Bertz CT molecular complexity index is 658. The van der Waals surface area contributed by atoms with Gasteiger partial charge in [-0.2, -0.15) is 0 Å². The fourth-order valence-electron chi connectivity index (χ4n) is 2.23. The van der Waals surface area contributed by atoms with Gasteiger partial charge >= 0.3 is 0 Å². The molecule has 0 spiro atoms. The molecule has 0 amide bonds. The average molecular weight is 372 g/mol. The summed E-state index contributed by atoms with van der Waals surface area (Å²) < 4.78 is 11.4. The number of aliphatic hydroxyl groups is 1. The average Bonchev–Trinajstić information content (AvgIpc) is 2.45. The minimum absolute atomic E-state index is 0.517. The Morgan fingerprint density at radius 1 is 1.10 bits per heavy atom. The molecular weight excluding hydrogens is 356 g/mol. The molecular formula is C16H16BrClO3. The molecule has 3 nitrogen and oxygen atoms in total. The lowest BCUT2D eigenvalue weighted by molar-refractivity contribution is 0.209. The number of hydrogen-bond acceptors (Lipinski definition) is 3. The van der Waals surface area contributed by atoms with Crippen LogP contribution in [0.4, 0.5) is 0 Å². The van der Waals surface area contributed by atoms with Crippen molar-refractivity contribution in [3.8, 4) is 11.5 Å². The van der Waals surface area contributed by atoms with Crippen LogP contribution < -0.4 is 9.47 Å². The van der Waals surface area contributed by atoms with E-state index in [0.29, 0.717) is 32.1 Å². The predicted molar refractivity (Wildman–Crippen MR) is 87.5 cm³/mol. The van der Waals surface area contributed by atoms with Crippen LogP contribution in [-0.4, -0.2) is 19.3 Å². The summed E-state index contributed by atoms with van der Waals surface area (Å²) in [6.45, 7) is 1.96. The summed E-state index contributed by atoms with van der Waals surface area (Å²) in [4.78, 5) is 0. The Morgan fingerprint density at radius 3 is 2.43 bits per heavy atom. The quantitative estimate of drug-likeness (QED) is 0.859. The van der Waals surface area contributed by atoms with Crippen LogP contribution in [0.5, 0.6) is 11.5 Å². The molecule has 1 atom stereocenters. The van der Waals surface area contributed by atoms with Crippen LogP contribution in [-0.2, 0) is 0 Å². The second-order valence-corrected chi connectivity index (χ2v) is 5.95. The van der Waals surface area contributed by atoms with E-state index in [1.165, 1.54) is 0 Å². The normalized spacial score (nSPS) is 12.1. The molecule has 0 aromatic heterocycles. The van der Waals surface area contributed by atoms with E-state index in [2.05, 4.69) is 15.9 Å². The fraction of sp³-hybridized carbons (Fsp3) is 0.250. The van der Waals surface area contributed by atoms with Gasteiger partial charge in [0.05, 0.1) is 18.7 Å². The van der Waals surface area contributed by atoms with Gasteiger partial charge in [0.15, 0.2) is 0 Å². The van der Waals surface area contributed by atoms with Gasteiger partial charge in [-0.1, -0.05) is 23.2 Å². The zero-order valence-electron chi connectivity index (χ0n) is 12.0. The van der Waals surface area contributed by atoms with E-state index in [4.69, 9.17) is 21.1 Å². The van der Waals surface area contributed by atoms with E-state index < -0.39 is 6.10 Å². The largest absolute Gasteiger partial charge is 0.496 e. The van der Waals surface area contributed by atoms with Crippen LogP contribution >= 0.6 is 27.5 Å². The topological polar surface area (TPSA) is 38.7 Å². The molecule has 0 aliphatic heterocycles. The third kappa shape index (κ3) is 3.34. The molecule has 2 rings (SSSR count). The molecule has 0 fully saturated rings. The molecule has 1 unspecified atom stereocenters. The monoisotopic (exact) mass is 370 g/mol. The first-order valence-electron chi connectivity index (χ1n) is 6.33. The van der Waals surface area contributed by atoms with Gasteiger partial charge in [0.1, 0.15) is 17.6 Å². The molecule has 21 heavy (non-hydrogen) atoms. The van der Waals surface area contributed by atoms with Crippen molar-refractivity contribution in [3.05, 3.63) is 56.5 Å². The Morgan fingerprint density at radius 2 is 1.81 bits per heavy atom. The maximum atomic E-state index is 10.7.